The van der Waals surface area contributed by atoms with Gasteiger partial charge >= 0.3 is 12.1 Å². The molecule has 0 radical (unpaired) electrons. The smallest absolute Gasteiger partial charge is 0.417 e. The van der Waals surface area contributed by atoms with Gasteiger partial charge < -0.3 is 10.4 Å². The van der Waals surface area contributed by atoms with Crippen molar-refractivity contribution in [2.45, 2.75) is 6.18 Å². The second-order valence-electron chi connectivity index (χ2n) is 4.38. The Labute approximate surface area is 123 Å². The van der Waals surface area contributed by atoms with Crippen LogP contribution in [0.3, 0.4) is 0 Å². The molecule has 0 aliphatic carbocycles. The van der Waals surface area contributed by atoms with Gasteiger partial charge in [-0.1, -0.05) is 18.2 Å². The molecule has 22 heavy (non-hydrogen) atoms. The molecule has 0 heterocycles. The summed E-state index contributed by atoms with van der Waals surface area (Å²) in [6, 6.07) is 9.61. The van der Waals surface area contributed by atoms with Gasteiger partial charge in [-0.3, -0.25) is 4.79 Å². The number of benzene rings is 2. The molecule has 2 aromatic carbocycles. The van der Waals surface area contributed by atoms with Gasteiger partial charge in [0.15, 0.2) is 0 Å². The number of hydrogen-bond acceptors (Lipinski definition) is 2. The molecule has 0 bridgehead atoms. The third kappa shape index (κ3) is 3.43. The fraction of sp³-hybridized carbons (Fsp3) is 0.0667. The first-order chi connectivity index (χ1) is 10.3. The number of anilines is 1. The molecular formula is C15H10F3NO3. The SMILES string of the molecule is O=C(O)c1cccc(NC(=O)c2ccccc2C(F)(F)F)c1. The van der Waals surface area contributed by atoms with E-state index in [0.29, 0.717) is 0 Å². The highest BCUT2D eigenvalue weighted by atomic mass is 19.4. The number of alkyl halides is 3. The highest BCUT2D eigenvalue weighted by Gasteiger charge is 2.34. The molecule has 7 heteroatoms. The van der Waals surface area contributed by atoms with Crippen LogP contribution in [0.25, 0.3) is 0 Å². The van der Waals surface area contributed by atoms with Gasteiger partial charge in [-0.15, -0.1) is 0 Å². The Balaban J connectivity index is 2.31. The van der Waals surface area contributed by atoms with E-state index in [0.717, 1.165) is 18.2 Å². The lowest BCUT2D eigenvalue weighted by atomic mass is 10.1. The lowest BCUT2D eigenvalue weighted by Crippen LogP contribution is -2.18. The van der Waals surface area contributed by atoms with Gasteiger partial charge in [0.2, 0.25) is 0 Å². The van der Waals surface area contributed by atoms with Crippen molar-refractivity contribution in [2.24, 2.45) is 0 Å². The molecule has 4 nitrogen and oxygen atoms in total. The first-order valence-electron chi connectivity index (χ1n) is 6.10. The van der Waals surface area contributed by atoms with Gasteiger partial charge in [0.25, 0.3) is 5.91 Å². The van der Waals surface area contributed by atoms with E-state index in [1.54, 1.807) is 0 Å². The summed E-state index contributed by atoms with van der Waals surface area (Å²) in [7, 11) is 0. The number of carbonyl (C=O) groups excluding carboxylic acids is 1. The molecule has 0 aliphatic heterocycles. The summed E-state index contributed by atoms with van der Waals surface area (Å²) in [6.45, 7) is 0. The summed E-state index contributed by atoms with van der Waals surface area (Å²) >= 11 is 0. The van der Waals surface area contributed by atoms with Gasteiger partial charge in [0.05, 0.1) is 16.7 Å². The van der Waals surface area contributed by atoms with Crippen LogP contribution in [0, 0.1) is 0 Å². The minimum atomic E-state index is -4.66. The summed E-state index contributed by atoms with van der Waals surface area (Å²) in [6.07, 6.45) is -4.66. The van der Waals surface area contributed by atoms with Crippen molar-refractivity contribution < 1.29 is 27.9 Å². The summed E-state index contributed by atoms with van der Waals surface area (Å²) in [5.74, 6) is -2.16. The number of aromatic carboxylic acids is 1. The Morgan fingerprint density at radius 2 is 1.68 bits per heavy atom. The Hall–Kier alpha value is -2.83. The number of carboxylic acids is 1. The normalized spacial score (nSPS) is 11.0. The Bertz CT molecular complexity index is 726. The van der Waals surface area contributed by atoms with Crippen LogP contribution in [0.15, 0.2) is 48.5 Å². The van der Waals surface area contributed by atoms with Crippen LogP contribution >= 0.6 is 0 Å². The number of carboxylic acid groups (broad SMARTS) is 1. The molecule has 2 N–H and O–H groups in total. The van der Waals surface area contributed by atoms with Crippen LogP contribution in [0.4, 0.5) is 18.9 Å². The molecule has 0 unspecified atom stereocenters. The fourth-order valence-corrected chi connectivity index (χ4v) is 1.86. The molecule has 0 saturated carbocycles. The first-order valence-corrected chi connectivity index (χ1v) is 6.10. The van der Waals surface area contributed by atoms with Crippen molar-refractivity contribution in [3.8, 4) is 0 Å². The second-order valence-corrected chi connectivity index (χ2v) is 4.38. The maximum Gasteiger partial charge on any atom is 0.417 e. The average Bonchev–Trinajstić information content (AvgIpc) is 2.46. The van der Waals surface area contributed by atoms with E-state index in [1.165, 1.54) is 30.3 Å². The molecule has 0 aliphatic rings. The van der Waals surface area contributed by atoms with Crippen LogP contribution in [0.1, 0.15) is 26.3 Å². The van der Waals surface area contributed by atoms with Crippen molar-refractivity contribution in [1.29, 1.82) is 0 Å². The maximum absolute atomic E-state index is 12.9. The van der Waals surface area contributed by atoms with E-state index < -0.39 is 29.2 Å². The number of nitrogens with one attached hydrogen (secondary N) is 1. The molecule has 2 rings (SSSR count). The Morgan fingerprint density at radius 1 is 1.00 bits per heavy atom. The van der Waals surface area contributed by atoms with E-state index in [4.69, 9.17) is 5.11 Å². The predicted molar refractivity (Wildman–Crippen MR) is 72.8 cm³/mol. The quantitative estimate of drug-likeness (QED) is 0.909. The van der Waals surface area contributed by atoms with Crippen molar-refractivity contribution in [2.75, 3.05) is 5.32 Å². The predicted octanol–water partition coefficient (Wildman–Crippen LogP) is 3.66. The van der Waals surface area contributed by atoms with E-state index in [1.807, 2.05) is 0 Å². The van der Waals surface area contributed by atoms with E-state index in [-0.39, 0.29) is 11.3 Å². The molecule has 114 valence electrons. The van der Waals surface area contributed by atoms with E-state index in [2.05, 4.69) is 5.32 Å². The largest absolute Gasteiger partial charge is 0.478 e. The van der Waals surface area contributed by atoms with Crippen molar-refractivity contribution >= 4 is 17.6 Å². The summed E-state index contributed by atoms with van der Waals surface area (Å²) in [5.41, 5.74) is -1.57. The summed E-state index contributed by atoms with van der Waals surface area (Å²) < 4.78 is 38.6. The number of rotatable bonds is 3. The van der Waals surface area contributed by atoms with E-state index in [9.17, 15) is 22.8 Å². The number of carbonyl (C=O) groups is 2. The third-order valence-electron chi connectivity index (χ3n) is 2.84. The number of amides is 1. The molecule has 0 atom stereocenters. The molecule has 2 aromatic rings. The van der Waals surface area contributed by atoms with Crippen LogP contribution in [0.2, 0.25) is 0 Å². The first kappa shape index (κ1) is 15.6. The second kappa shape index (κ2) is 5.88. The van der Waals surface area contributed by atoms with Gasteiger partial charge in [0.1, 0.15) is 0 Å². The fourth-order valence-electron chi connectivity index (χ4n) is 1.86. The monoisotopic (exact) mass is 309 g/mol. The van der Waals surface area contributed by atoms with Crippen LogP contribution < -0.4 is 5.32 Å². The lowest BCUT2D eigenvalue weighted by Gasteiger charge is -2.12. The van der Waals surface area contributed by atoms with E-state index >= 15 is 0 Å². The van der Waals surface area contributed by atoms with Gasteiger partial charge in [-0.05, 0) is 30.3 Å². The van der Waals surface area contributed by atoms with Crippen LogP contribution in [-0.4, -0.2) is 17.0 Å². The Kier molecular flexibility index (Phi) is 4.16. The number of hydrogen-bond donors (Lipinski definition) is 2. The minimum Gasteiger partial charge on any atom is -0.478 e. The lowest BCUT2D eigenvalue weighted by molar-refractivity contribution is -0.137. The molecule has 0 spiro atoms. The van der Waals surface area contributed by atoms with Crippen molar-refractivity contribution in [3.63, 3.8) is 0 Å². The van der Waals surface area contributed by atoms with Crippen molar-refractivity contribution in [1.82, 2.24) is 0 Å². The zero-order valence-electron chi connectivity index (χ0n) is 11.0. The highest BCUT2D eigenvalue weighted by molar-refractivity contribution is 6.05. The summed E-state index contributed by atoms with van der Waals surface area (Å²) in [5, 5.41) is 11.1. The molecule has 0 fully saturated rings. The van der Waals surface area contributed by atoms with Gasteiger partial charge in [-0.25, -0.2) is 4.79 Å². The summed E-state index contributed by atoms with van der Waals surface area (Å²) in [4.78, 5) is 22.8. The zero-order valence-corrected chi connectivity index (χ0v) is 11.0. The van der Waals surface area contributed by atoms with Crippen LogP contribution in [-0.2, 0) is 6.18 Å². The molecular weight excluding hydrogens is 299 g/mol. The molecule has 0 aromatic heterocycles. The molecule has 0 saturated heterocycles. The minimum absolute atomic E-state index is 0.0816. The maximum atomic E-state index is 12.9. The molecule has 1 amide bonds. The number of halogens is 3. The van der Waals surface area contributed by atoms with Gasteiger partial charge in [0, 0.05) is 5.69 Å². The van der Waals surface area contributed by atoms with Crippen molar-refractivity contribution in [3.05, 3.63) is 65.2 Å². The van der Waals surface area contributed by atoms with Crippen LogP contribution in [0.5, 0.6) is 0 Å². The topological polar surface area (TPSA) is 66.4 Å². The average molecular weight is 309 g/mol. The Morgan fingerprint density at radius 3 is 2.32 bits per heavy atom. The highest BCUT2D eigenvalue weighted by Crippen LogP contribution is 2.32. The third-order valence-corrected chi connectivity index (χ3v) is 2.84. The standard InChI is InChI=1S/C15H10F3NO3/c16-15(17,18)12-7-2-1-6-11(12)13(20)19-10-5-3-4-9(8-10)14(21)22/h1-8H,(H,19,20)(H,21,22). The van der Waals surface area contributed by atoms with Gasteiger partial charge in [-0.2, -0.15) is 13.2 Å². The zero-order chi connectivity index (χ0) is 16.3.